The van der Waals surface area contributed by atoms with E-state index in [0.717, 1.165) is 56.1 Å². The number of aryl methyl sites for hydroxylation is 1. The van der Waals surface area contributed by atoms with E-state index in [9.17, 15) is 0 Å². The van der Waals surface area contributed by atoms with Gasteiger partial charge in [0.25, 0.3) is 0 Å². The van der Waals surface area contributed by atoms with E-state index >= 15 is 0 Å². The van der Waals surface area contributed by atoms with Gasteiger partial charge < -0.3 is 15.1 Å². The molecule has 1 aliphatic carbocycles. The molecule has 0 bridgehead atoms. The van der Waals surface area contributed by atoms with Crippen LogP contribution in [0, 0.1) is 12.8 Å². The van der Waals surface area contributed by atoms with Crippen molar-refractivity contribution in [2.24, 2.45) is 5.92 Å². The largest absolute Gasteiger partial charge is 0.370 e. The topological polar surface area (TPSA) is 57.2 Å². The van der Waals surface area contributed by atoms with E-state index in [4.69, 9.17) is 0 Å². The maximum absolute atomic E-state index is 4.49. The molecule has 2 aromatic rings. The van der Waals surface area contributed by atoms with Gasteiger partial charge in [-0.2, -0.15) is 0 Å². The van der Waals surface area contributed by atoms with Gasteiger partial charge in [-0.15, -0.1) is 0 Å². The number of piperazine rings is 1. The first-order valence-electron chi connectivity index (χ1n) is 8.76. The molecule has 0 unspecified atom stereocenters. The van der Waals surface area contributed by atoms with Gasteiger partial charge >= 0.3 is 0 Å². The highest BCUT2D eigenvalue weighted by Crippen LogP contribution is 2.29. The molecule has 126 valence electrons. The zero-order chi connectivity index (χ0) is 16.4. The molecule has 1 saturated heterocycles. The predicted octanol–water partition coefficient (Wildman–Crippen LogP) is 2.33. The second kappa shape index (κ2) is 6.63. The van der Waals surface area contributed by atoms with E-state index in [1.807, 2.05) is 12.3 Å². The van der Waals surface area contributed by atoms with Crippen LogP contribution < -0.4 is 15.1 Å². The molecule has 1 N–H and O–H groups in total. The smallest absolute Gasteiger partial charge is 0.134 e. The molecule has 1 saturated carbocycles. The van der Waals surface area contributed by atoms with Crippen molar-refractivity contribution in [1.82, 2.24) is 15.0 Å². The lowest BCUT2D eigenvalue weighted by molar-refractivity contribution is 0.641. The molecule has 6 heteroatoms. The van der Waals surface area contributed by atoms with Crippen molar-refractivity contribution in [2.45, 2.75) is 19.8 Å². The molecule has 0 spiro atoms. The van der Waals surface area contributed by atoms with Crippen LogP contribution in [0.25, 0.3) is 0 Å². The van der Waals surface area contributed by atoms with Crippen LogP contribution in [0.5, 0.6) is 0 Å². The Morgan fingerprint density at radius 3 is 2.38 bits per heavy atom. The van der Waals surface area contributed by atoms with Gasteiger partial charge in [-0.05, 0) is 43.4 Å². The van der Waals surface area contributed by atoms with Crippen LogP contribution in [-0.2, 0) is 0 Å². The van der Waals surface area contributed by atoms with Gasteiger partial charge in [-0.3, -0.25) is 0 Å². The minimum absolute atomic E-state index is 0.841. The molecular formula is C18H24N6. The summed E-state index contributed by atoms with van der Waals surface area (Å²) in [5.41, 5.74) is 1.25. The Hall–Kier alpha value is -2.37. The molecule has 6 nitrogen and oxygen atoms in total. The second-order valence-electron chi connectivity index (χ2n) is 6.75. The summed E-state index contributed by atoms with van der Waals surface area (Å²) >= 11 is 0. The summed E-state index contributed by atoms with van der Waals surface area (Å²) in [5.74, 6) is 3.87. The van der Waals surface area contributed by atoms with Crippen molar-refractivity contribution in [1.29, 1.82) is 0 Å². The Labute approximate surface area is 142 Å². The summed E-state index contributed by atoms with van der Waals surface area (Å²) in [4.78, 5) is 18.0. The van der Waals surface area contributed by atoms with Gasteiger partial charge in [0.1, 0.15) is 23.8 Å². The molecule has 4 rings (SSSR count). The lowest BCUT2D eigenvalue weighted by Crippen LogP contribution is -2.47. The molecular weight excluding hydrogens is 300 g/mol. The van der Waals surface area contributed by atoms with E-state index in [1.165, 1.54) is 18.4 Å². The fourth-order valence-electron chi connectivity index (χ4n) is 3.05. The third kappa shape index (κ3) is 3.58. The van der Waals surface area contributed by atoms with Crippen molar-refractivity contribution < 1.29 is 0 Å². The van der Waals surface area contributed by atoms with Gasteiger partial charge in [0, 0.05) is 45.0 Å². The van der Waals surface area contributed by atoms with Crippen molar-refractivity contribution in [2.75, 3.05) is 47.8 Å². The first-order chi connectivity index (χ1) is 11.8. The number of rotatable bonds is 5. The van der Waals surface area contributed by atoms with E-state index in [1.54, 1.807) is 6.33 Å². The molecule has 0 atom stereocenters. The predicted molar refractivity (Wildman–Crippen MR) is 96.6 cm³/mol. The number of hydrogen-bond acceptors (Lipinski definition) is 6. The van der Waals surface area contributed by atoms with Gasteiger partial charge in [0.05, 0.1) is 0 Å². The standard InChI is InChI=1S/C18H24N6/c1-14-4-5-19-17(10-14)23-6-8-24(9-7-23)18-11-16(21-13-22-18)20-12-15-2-3-15/h4-5,10-11,13,15H,2-3,6-9,12H2,1H3,(H,20,21,22). The summed E-state index contributed by atoms with van der Waals surface area (Å²) < 4.78 is 0. The van der Waals surface area contributed by atoms with Crippen LogP contribution in [0.2, 0.25) is 0 Å². The summed E-state index contributed by atoms with van der Waals surface area (Å²) in [5, 5.41) is 3.43. The van der Waals surface area contributed by atoms with Crippen LogP contribution in [0.15, 0.2) is 30.7 Å². The number of nitrogens with zero attached hydrogens (tertiary/aromatic N) is 5. The van der Waals surface area contributed by atoms with E-state index in [2.05, 4.69) is 49.1 Å². The maximum Gasteiger partial charge on any atom is 0.134 e. The molecule has 0 amide bonds. The Morgan fingerprint density at radius 1 is 1.00 bits per heavy atom. The van der Waals surface area contributed by atoms with Crippen LogP contribution >= 0.6 is 0 Å². The molecule has 24 heavy (non-hydrogen) atoms. The van der Waals surface area contributed by atoms with Gasteiger partial charge in [0.2, 0.25) is 0 Å². The number of anilines is 3. The Morgan fingerprint density at radius 2 is 1.71 bits per heavy atom. The van der Waals surface area contributed by atoms with Crippen molar-refractivity contribution in [3.05, 3.63) is 36.3 Å². The van der Waals surface area contributed by atoms with Crippen LogP contribution in [0.4, 0.5) is 17.5 Å². The Kier molecular flexibility index (Phi) is 4.19. The minimum Gasteiger partial charge on any atom is -0.370 e. The van der Waals surface area contributed by atoms with E-state index in [0.29, 0.717) is 0 Å². The van der Waals surface area contributed by atoms with E-state index in [-0.39, 0.29) is 0 Å². The normalized spacial score (nSPS) is 17.9. The van der Waals surface area contributed by atoms with Crippen LogP contribution in [-0.4, -0.2) is 47.7 Å². The first-order valence-corrected chi connectivity index (χ1v) is 8.76. The molecule has 2 aliphatic rings. The van der Waals surface area contributed by atoms with Gasteiger partial charge in [-0.25, -0.2) is 15.0 Å². The van der Waals surface area contributed by atoms with Crippen molar-refractivity contribution in [3.8, 4) is 0 Å². The Balaban J connectivity index is 1.37. The molecule has 2 fully saturated rings. The van der Waals surface area contributed by atoms with Crippen molar-refractivity contribution >= 4 is 17.5 Å². The summed E-state index contributed by atoms with van der Waals surface area (Å²) in [6.07, 6.45) is 6.25. The SMILES string of the molecule is Cc1ccnc(N2CCN(c3cc(NCC4CC4)ncn3)CC2)c1. The summed E-state index contributed by atoms with van der Waals surface area (Å²) in [6.45, 7) is 6.97. The van der Waals surface area contributed by atoms with Gasteiger partial charge in [0.15, 0.2) is 0 Å². The number of pyridine rings is 1. The fourth-order valence-corrected chi connectivity index (χ4v) is 3.05. The zero-order valence-corrected chi connectivity index (χ0v) is 14.1. The monoisotopic (exact) mass is 324 g/mol. The average Bonchev–Trinajstić information content (AvgIpc) is 3.45. The molecule has 0 aromatic carbocycles. The average molecular weight is 324 g/mol. The van der Waals surface area contributed by atoms with Gasteiger partial charge in [-0.1, -0.05) is 0 Å². The summed E-state index contributed by atoms with van der Waals surface area (Å²) in [6, 6.07) is 6.26. The Bertz CT molecular complexity index is 691. The lowest BCUT2D eigenvalue weighted by atomic mass is 10.2. The molecule has 3 heterocycles. The highest BCUT2D eigenvalue weighted by Gasteiger charge is 2.22. The molecule has 1 aliphatic heterocycles. The van der Waals surface area contributed by atoms with E-state index < -0.39 is 0 Å². The summed E-state index contributed by atoms with van der Waals surface area (Å²) in [7, 11) is 0. The minimum atomic E-state index is 0.841. The lowest BCUT2D eigenvalue weighted by Gasteiger charge is -2.36. The first kappa shape index (κ1) is 15.2. The highest BCUT2D eigenvalue weighted by molar-refractivity contribution is 5.50. The highest BCUT2D eigenvalue weighted by atomic mass is 15.3. The fraction of sp³-hybridized carbons (Fsp3) is 0.500. The molecule has 0 radical (unpaired) electrons. The molecule has 2 aromatic heterocycles. The number of aromatic nitrogens is 3. The van der Waals surface area contributed by atoms with Crippen LogP contribution in [0.1, 0.15) is 18.4 Å². The van der Waals surface area contributed by atoms with Crippen LogP contribution in [0.3, 0.4) is 0 Å². The quantitative estimate of drug-likeness (QED) is 0.911. The zero-order valence-electron chi connectivity index (χ0n) is 14.1. The number of nitrogens with one attached hydrogen (secondary N) is 1. The third-order valence-electron chi connectivity index (χ3n) is 4.75. The third-order valence-corrected chi connectivity index (χ3v) is 4.75. The van der Waals surface area contributed by atoms with Crippen molar-refractivity contribution in [3.63, 3.8) is 0 Å². The second-order valence-corrected chi connectivity index (χ2v) is 6.75. The number of hydrogen-bond donors (Lipinski definition) is 1. The maximum atomic E-state index is 4.49.